The predicted molar refractivity (Wildman–Crippen MR) is 81.9 cm³/mol. The van der Waals surface area contributed by atoms with Crippen LogP contribution >= 0.6 is 0 Å². The SMILES string of the molecule is Cc1ccc(S(=O)(=O)NCC2CCCC(C)C2)c(N)c1. The van der Waals surface area contributed by atoms with E-state index in [4.69, 9.17) is 5.73 Å². The normalized spacial score (nSPS) is 23.7. The van der Waals surface area contributed by atoms with Gasteiger partial charge >= 0.3 is 0 Å². The standard InChI is InChI=1S/C15H24N2O2S/c1-11-4-3-5-13(8-11)10-17-20(18,19)15-7-6-12(2)9-14(15)16/h6-7,9,11,13,17H,3-5,8,10,16H2,1-2H3. The molecule has 0 spiro atoms. The minimum atomic E-state index is -3.50. The highest BCUT2D eigenvalue weighted by Crippen LogP contribution is 2.28. The summed E-state index contributed by atoms with van der Waals surface area (Å²) in [5, 5.41) is 0. The maximum atomic E-state index is 12.3. The van der Waals surface area contributed by atoms with Gasteiger partial charge in [0.1, 0.15) is 4.90 Å². The van der Waals surface area contributed by atoms with Gasteiger partial charge in [-0.25, -0.2) is 13.1 Å². The molecule has 0 amide bonds. The first-order valence-corrected chi connectivity index (χ1v) is 8.72. The fourth-order valence-corrected chi connectivity index (χ4v) is 4.19. The van der Waals surface area contributed by atoms with Crippen LogP contribution in [0.5, 0.6) is 0 Å². The number of nitrogen functional groups attached to an aromatic ring is 1. The third-order valence-electron chi connectivity index (χ3n) is 4.06. The molecule has 0 heterocycles. The first kappa shape index (κ1) is 15.3. The molecule has 1 aliphatic rings. The first-order valence-electron chi connectivity index (χ1n) is 7.24. The van der Waals surface area contributed by atoms with E-state index in [1.807, 2.05) is 6.92 Å². The molecule has 0 saturated heterocycles. The second kappa shape index (κ2) is 6.14. The van der Waals surface area contributed by atoms with Crippen molar-refractivity contribution < 1.29 is 8.42 Å². The Morgan fingerprint density at radius 1 is 1.35 bits per heavy atom. The van der Waals surface area contributed by atoms with Crippen molar-refractivity contribution in [1.82, 2.24) is 4.72 Å². The van der Waals surface area contributed by atoms with Gasteiger partial charge in [0, 0.05) is 6.54 Å². The molecule has 1 aromatic carbocycles. The number of benzene rings is 1. The minimum Gasteiger partial charge on any atom is -0.398 e. The van der Waals surface area contributed by atoms with Crippen molar-refractivity contribution in [3.8, 4) is 0 Å². The fourth-order valence-electron chi connectivity index (χ4n) is 2.96. The van der Waals surface area contributed by atoms with Crippen LogP contribution in [-0.2, 0) is 10.0 Å². The third kappa shape index (κ3) is 3.73. The van der Waals surface area contributed by atoms with Gasteiger partial charge in [0.05, 0.1) is 5.69 Å². The number of hydrogen-bond donors (Lipinski definition) is 2. The molecular weight excluding hydrogens is 272 g/mol. The Morgan fingerprint density at radius 3 is 2.75 bits per heavy atom. The van der Waals surface area contributed by atoms with Crippen LogP contribution in [0.15, 0.2) is 23.1 Å². The lowest BCUT2D eigenvalue weighted by Gasteiger charge is -2.26. The first-order chi connectivity index (χ1) is 9.38. The molecule has 1 saturated carbocycles. The predicted octanol–water partition coefficient (Wildman–Crippen LogP) is 2.68. The lowest BCUT2D eigenvalue weighted by molar-refractivity contribution is 0.283. The molecule has 20 heavy (non-hydrogen) atoms. The molecule has 112 valence electrons. The van der Waals surface area contributed by atoms with Crippen LogP contribution in [0.4, 0.5) is 5.69 Å². The number of sulfonamides is 1. The lowest BCUT2D eigenvalue weighted by atomic mass is 9.83. The summed E-state index contributed by atoms with van der Waals surface area (Å²) < 4.78 is 27.3. The number of hydrogen-bond acceptors (Lipinski definition) is 3. The van der Waals surface area contributed by atoms with Crippen molar-refractivity contribution in [1.29, 1.82) is 0 Å². The Morgan fingerprint density at radius 2 is 2.10 bits per heavy atom. The van der Waals surface area contributed by atoms with Gasteiger partial charge in [-0.05, 0) is 49.3 Å². The van der Waals surface area contributed by atoms with Crippen molar-refractivity contribution in [3.05, 3.63) is 23.8 Å². The quantitative estimate of drug-likeness (QED) is 0.839. The summed E-state index contributed by atoms with van der Waals surface area (Å²) in [6.45, 7) is 4.64. The Kier molecular flexibility index (Phi) is 4.70. The van der Waals surface area contributed by atoms with E-state index >= 15 is 0 Å². The van der Waals surface area contributed by atoms with Crippen LogP contribution in [0, 0.1) is 18.8 Å². The van der Waals surface area contributed by atoms with E-state index in [-0.39, 0.29) is 4.90 Å². The molecule has 0 radical (unpaired) electrons. The molecule has 1 fully saturated rings. The fraction of sp³-hybridized carbons (Fsp3) is 0.600. The third-order valence-corrected chi connectivity index (χ3v) is 5.56. The summed E-state index contributed by atoms with van der Waals surface area (Å²) in [5.74, 6) is 1.14. The van der Waals surface area contributed by atoms with Crippen LogP contribution in [-0.4, -0.2) is 15.0 Å². The molecule has 0 aromatic heterocycles. The van der Waals surface area contributed by atoms with Gasteiger partial charge < -0.3 is 5.73 Å². The van der Waals surface area contributed by atoms with Gasteiger partial charge in [0.15, 0.2) is 0 Å². The summed E-state index contributed by atoms with van der Waals surface area (Å²) >= 11 is 0. The Balaban J connectivity index is 2.03. The maximum Gasteiger partial charge on any atom is 0.242 e. The Hall–Kier alpha value is -1.07. The summed E-state index contributed by atoms with van der Waals surface area (Å²) in [5.41, 5.74) is 7.09. The van der Waals surface area contributed by atoms with E-state index in [1.54, 1.807) is 18.2 Å². The van der Waals surface area contributed by atoms with Gasteiger partial charge in [-0.1, -0.05) is 25.8 Å². The second-order valence-electron chi connectivity index (χ2n) is 6.03. The van der Waals surface area contributed by atoms with Crippen molar-refractivity contribution in [3.63, 3.8) is 0 Å². The van der Waals surface area contributed by atoms with Crippen LogP contribution in [0.3, 0.4) is 0 Å². The average Bonchev–Trinajstić information content (AvgIpc) is 2.36. The molecule has 5 heteroatoms. The highest BCUT2D eigenvalue weighted by Gasteiger charge is 2.22. The van der Waals surface area contributed by atoms with Gasteiger partial charge in [-0.2, -0.15) is 0 Å². The molecule has 1 aliphatic carbocycles. The molecule has 2 rings (SSSR count). The second-order valence-corrected chi connectivity index (χ2v) is 7.77. The smallest absolute Gasteiger partial charge is 0.242 e. The average molecular weight is 296 g/mol. The van der Waals surface area contributed by atoms with Crippen LogP contribution in [0.25, 0.3) is 0 Å². The number of rotatable bonds is 4. The highest BCUT2D eigenvalue weighted by molar-refractivity contribution is 7.89. The summed E-state index contributed by atoms with van der Waals surface area (Å²) in [6.07, 6.45) is 4.66. The molecule has 1 aromatic rings. The lowest BCUT2D eigenvalue weighted by Crippen LogP contribution is -2.32. The Bertz CT molecular complexity index is 569. The van der Waals surface area contributed by atoms with E-state index in [9.17, 15) is 8.42 Å². The number of aryl methyl sites for hydroxylation is 1. The summed E-state index contributed by atoms with van der Waals surface area (Å²) in [6, 6.07) is 5.04. The monoisotopic (exact) mass is 296 g/mol. The Labute approximate surface area is 121 Å². The van der Waals surface area contributed by atoms with Crippen molar-refractivity contribution in [2.45, 2.75) is 44.4 Å². The number of anilines is 1. The van der Waals surface area contributed by atoms with Crippen molar-refractivity contribution in [2.24, 2.45) is 11.8 Å². The number of nitrogens with two attached hydrogens (primary N) is 1. The van der Waals surface area contributed by atoms with E-state index < -0.39 is 10.0 Å². The maximum absolute atomic E-state index is 12.3. The molecule has 0 aliphatic heterocycles. The van der Waals surface area contributed by atoms with Crippen LogP contribution < -0.4 is 10.5 Å². The number of nitrogens with one attached hydrogen (secondary N) is 1. The van der Waals surface area contributed by atoms with Gasteiger partial charge in [-0.15, -0.1) is 0 Å². The summed E-state index contributed by atoms with van der Waals surface area (Å²) in [7, 11) is -3.50. The van der Waals surface area contributed by atoms with E-state index in [0.29, 0.717) is 24.1 Å². The van der Waals surface area contributed by atoms with E-state index in [1.165, 1.54) is 12.8 Å². The van der Waals surface area contributed by atoms with Crippen molar-refractivity contribution >= 4 is 15.7 Å². The van der Waals surface area contributed by atoms with E-state index in [2.05, 4.69) is 11.6 Å². The molecule has 3 N–H and O–H groups in total. The minimum absolute atomic E-state index is 0.187. The van der Waals surface area contributed by atoms with Crippen molar-refractivity contribution in [2.75, 3.05) is 12.3 Å². The van der Waals surface area contributed by atoms with Gasteiger partial charge in [-0.3, -0.25) is 0 Å². The highest BCUT2D eigenvalue weighted by atomic mass is 32.2. The van der Waals surface area contributed by atoms with Gasteiger partial charge in [0.25, 0.3) is 0 Å². The molecular formula is C15H24N2O2S. The zero-order valence-electron chi connectivity index (χ0n) is 12.2. The summed E-state index contributed by atoms with van der Waals surface area (Å²) in [4.78, 5) is 0.187. The van der Waals surface area contributed by atoms with Gasteiger partial charge in [0.2, 0.25) is 10.0 Å². The molecule has 2 unspecified atom stereocenters. The zero-order chi connectivity index (χ0) is 14.8. The molecule has 4 nitrogen and oxygen atoms in total. The zero-order valence-corrected chi connectivity index (χ0v) is 13.0. The topological polar surface area (TPSA) is 72.2 Å². The van der Waals surface area contributed by atoms with Crippen LogP contribution in [0.1, 0.15) is 38.2 Å². The largest absolute Gasteiger partial charge is 0.398 e. The van der Waals surface area contributed by atoms with Crippen LogP contribution in [0.2, 0.25) is 0 Å². The molecule has 2 atom stereocenters. The molecule has 0 bridgehead atoms. The van der Waals surface area contributed by atoms with E-state index in [0.717, 1.165) is 18.4 Å².